The van der Waals surface area contributed by atoms with Crippen molar-refractivity contribution < 1.29 is 4.79 Å². The summed E-state index contributed by atoms with van der Waals surface area (Å²) >= 11 is 0. The van der Waals surface area contributed by atoms with Crippen molar-refractivity contribution in [2.45, 2.75) is 19.9 Å². The van der Waals surface area contributed by atoms with Crippen molar-refractivity contribution in [1.82, 2.24) is 5.32 Å². The molecule has 0 saturated heterocycles. The van der Waals surface area contributed by atoms with Gasteiger partial charge in [-0.25, -0.2) is 4.79 Å². The number of carbonyl (C=O) groups is 1. The van der Waals surface area contributed by atoms with Crippen LogP contribution in [0.2, 0.25) is 0 Å². The predicted molar refractivity (Wildman–Crippen MR) is 69.1 cm³/mol. The van der Waals surface area contributed by atoms with E-state index in [1.165, 1.54) is 0 Å². The second kappa shape index (κ2) is 5.89. The summed E-state index contributed by atoms with van der Waals surface area (Å²) in [4.78, 5) is 11.7. The van der Waals surface area contributed by atoms with Crippen molar-refractivity contribution in [2.75, 3.05) is 5.32 Å². The molecular formula is C12H18N4O. The molecule has 0 aliphatic rings. The molecule has 0 spiro atoms. The van der Waals surface area contributed by atoms with Crippen molar-refractivity contribution >= 4 is 17.6 Å². The summed E-state index contributed by atoms with van der Waals surface area (Å²) in [6, 6.07) is 8.32. The molecule has 92 valence electrons. The maximum absolute atomic E-state index is 11.7. The second-order valence-electron chi connectivity index (χ2n) is 4.14. The van der Waals surface area contributed by atoms with Crippen molar-refractivity contribution in [3.8, 4) is 0 Å². The monoisotopic (exact) mass is 234 g/mol. The van der Waals surface area contributed by atoms with Crippen LogP contribution in [0.15, 0.2) is 30.3 Å². The number of amidine groups is 1. The molecule has 0 heterocycles. The minimum atomic E-state index is -0.446. The second-order valence-corrected chi connectivity index (χ2v) is 4.14. The first kappa shape index (κ1) is 13.0. The van der Waals surface area contributed by atoms with E-state index < -0.39 is 6.04 Å². The van der Waals surface area contributed by atoms with Crippen LogP contribution >= 0.6 is 0 Å². The molecule has 1 rings (SSSR count). The van der Waals surface area contributed by atoms with Crippen LogP contribution in [0.4, 0.5) is 10.5 Å². The van der Waals surface area contributed by atoms with Gasteiger partial charge in [-0.3, -0.25) is 5.41 Å². The Morgan fingerprint density at radius 3 is 2.35 bits per heavy atom. The Kier molecular flexibility index (Phi) is 4.51. The quantitative estimate of drug-likeness (QED) is 0.472. The summed E-state index contributed by atoms with van der Waals surface area (Å²) in [6.45, 7) is 3.80. The zero-order valence-electron chi connectivity index (χ0n) is 10.0. The molecule has 5 N–H and O–H groups in total. The zero-order chi connectivity index (χ0) is 12.8. The van der Waals surface area contributed by atoms with E-state index in [2.05, 4.69) is 10.6 Å². The highest BCUT2D eigenvalue weighted by Gasteiger charge is 2.18. The predicted octanol–water partition coefficient (Wildman–Crippen LogP) is 1.77. The van der Waals surface area contributed by atoms with E-state index in [-0.39, 0.29) is 17.8 Å². The topological polar surface area (TPSA) is 91.0 Å². The fraction of sp³-hybridized carbons (Fsp3) is 0.333. The van der Waals surface area contributed by atoms with Crippen molar-refractivity contribution in [1.29, 1.82) is 5.41 Å². The smallest absolute Gasteiger partial charge is 0.319 e. The third kappa shape index (κ3) is 4.14. The Balaban J connectivity index is 2.57. The van der Waals surface area contributed by atoms with Crippen LogP contribution in [0.5, 0.6) is 0 Å². The largest absolute Gasteiger partial charge is 0.386 e. The molecule has 2 amide bonds. The van der Waals surface area contributed by atoms with Crippen LogP contribution in [0.1, 0.15) is 13.8 Å². The number of nitrogens with one attached hydrogen (secondary N) is 3. The molecule has 1 aromatic carbocycles. The number of benzene rings is 1. The van der Waals surface area contributed by atoms with Crippen molar-refractivity contribution in [3.05, 3.63) is 30.3 Å². The highest BCUT2D eigenvalue weighted by molar-refractivity contribution is 5.94. The van der Waals surface area contributed by atoms with Crippen LogP contribution < -0.4 is 16.4 Å². The molecule has 0 radical (unpaired) electrons. The summed E-state index contributed by atoms with van der Waals surface area (Å²) < 4.78 is 0. The summed E-state index contributed by atoms with van der Waals surface area (Å²) in [5.74, 6) is 0.0391. The van der Waals surface area contributed by atoms with Gasteiger partial charge in [-0.05, 0) is 18.1 Å². The van der Waals surface area contributed by atoms with E-state index in [1.807, 2.05) is 32.0 Å². The van der Waals surface area contributed by atoms with Gasteiger partial charge in [-0.15, -0.1) is 0 Å². The minimum Gasteiger partial charge on any atom is -0.386 e. The minimum absolute atomic E-state index is 0.0387. The number of para-hydroxylation sites is 1. The molecule has 0 aromatic heterocycles. The van der Waals surface area contributed by atoms with Crippen LogP contribution in [0.25, 0.3) is 0 Å². The third-order valence-electron chi connectivity index (χ3n) is 2.32. The van der Waals surface area contributed by atoms with Crippen LogP contribution in [0, 0.1) is 11.3 Å². The van der Waals surface area contributed by atoms with Gasteiger partial charge in [0.05, 0.1) is 6.04 Å². The van der Waals surface area contributed by atoms with Gasteiger partial charge >= 0.3 is 6.03 Å². The number of urea groups is 1. The molecule has 0 aliphatic heterocycles. The molecular weight excluding hydrogens is 216 g/mol. The van der Waals surface area contributed by atoms with Gasteiger partial charge in [0.25, 0.3) is 0 Å². The number of hydrogen-bond donors (Lipinski definition) is 4. The van der Waals surface area contributed by atoms with Crippen LogP contribution in [-0.4, -0.2) is 17.9 Å². The van der Waals surface area contributed by atoms with Crippen molar-refractivity contribution in [2.24, 2.45) is 11.7 Å². The number of rotatable bonds is 4. The van der Waals surface area contributed by atoms with E-state index in [0.29, 0.717) is 5.69 Å². The fourth-order valence-electron chi connectivity index (χ4n) is 1.43. The zero-order valence-corrected chi connectivity index (χ0v) is 10.0. The number of carbonyl (C=O) groups excluding carboxylic acids is 1. The Hall–Kier alpha value is -2.04. The standard InChI is InChI=1S/C12H18N4O/c1-8(2)10(11(13)14)16-12(17)15-9-6-4-3-5-7-9/h3-8,10H,1-2H3,(H3,13,14)(H2,15,16,17). The number of hydrogen-bond acceptors (Lipinski definition) is 2. The SMILES string of the molecule is CC(C)C(NC(=O)Nc1ccccc1)C(=N)N. The molecule has 0 saturated carbocycles. The maximum atomic E-state index is 11.7. The summed E-state index contributed by atoms with van der Waals surface area (Å²) in [6.07, 6.45) is 0. The first-order chi connectivity index (χ1) is 8.00. The van der Waals surface area contributed by atoms with Gasteiger partial charge in [0.2, 0.25) is 0 Å². The van der Waals surface area contributed by atoms with Gasteiger partial charge in [-0.1, -0.05) is 32.0 Å². The molecule has 0 bridgehead atoms. The Morgan fingerprint density at radius 2 is 1.88 bits per heavy atom. The van der Waals surface area contributed by atoms with Gasteiger partial charge in [0.15, 0.2) is 0 Å². The lowest BCUT2D eigenvalue weighted by molar-refractivity contribution is 0.248. The summed E-state index contributed by atoms with van der Waals surface area (Å²) in [5, 5.41) is 12.7. The van der Waals surface area contributed by atoms with E-state index in [0.717, 1.165) is 0 Å². The van der Waals surface area contributed by atoms with Gasteiger partial charge < -0.3 is 16.4 Å². The molecule has 1 aromatic rings. The number of nitrogens with two attached hydrogens (primary N) is 1. The number of amides is 2. The lowest BCUT2D eigenvalue weighted by Crippen LogP contribution is -2.48. The Bertz CT molecular complexity index is 389. The van der Waals surface area contributed by atoms with Crippen LogP contribution in [0.3, 0.4) is 0 Å². The lowest BCUT2D eigenvalue weighted by Gasteiger charge is -2.21. The summed E-state index contributed by atoms with van der Waals surface area (Å²) in [5.41, 5.74) is 6.12. The molecule has 0 fully saturated rings. The highest BCUT2D eigenvalue weighted by atomic mass is 16.2. The number of anilines is 1. The average molecular weight is 234 g/mol. The Labute approximate surface area is 101 Å². The van der Waals surface area contributed by atoms with Gasteiger partial charge in [-0.2, -0.15) is 0 Å². The molecule has 1 atom stereocenters. The average Bonchev–Trinajstić information content (AvgIpc) is 2.26. The molecule has 0 aliphatic carbocycles. The highest BCUT2D eigenvalue weighted by Crippen LogP contribution is 2.06. The molecule has 5 nitrogen and oxygen atoms in total. The van der Waals surface area contributed by atoms with Crippen LogP contribution in [-0.2, 0) is 0 Å². The van der Waals surface area contributed by atoms with E-state index in [4.69, 9.17) is 11.1 Å². The normalized spacial score (nSPS) is 11.9. The van der Waals surface area contributed by atoms with Gasteiger partial charge in [0.1, 0.15) is 5.84 Å². The van der Waals surface area contributed by atoms with E-state index in [1.54, 1.807) is 12.1 Å². The first-order valence-corrected chi connectivity index (χ1v) is 5.47. The molecule has 1 unspecified atom stereocenters. The first-order valence-electron chi connectivity index (χ1n) is 5.47. The molecule has 17 heavy (non-hydrogen) atoms. The maximum Gasteiger partial charge on any atom is 0.319 e. The van der Waals surface area contributed by atoms with E-state index >= 15 is 0 Å². The van der Waals surface area contributed by atoms with E-state index in [9.17, 15) is 4.79 Å². The Morgan fingerprint density at radius 1 is 1.29 bits per heavy atom. The third-order valence-corrected chi connectivity index (χ3v) is 2.32. The molecule has 5 heteroatoms. The fourth-order valence-corrected chi connectivity index (χ4v) is 1.43. The lowest BCUT2D eigenvalue weighted by atomic mass is 10.0. The van der Waals surface area contributed by atoms with Gasteiger partial charge in [0, 0.05) is 5.69 Å². The summed E-state index contributed by atoms with van der Waals surface area (Å²) in [7, 11) is 0. The van der Waals surface area contributed by atoms with Crippen molar-refractivity contribution in [3.63, 3.8) is 0 Å².